The Morgan fingerprint density at radius 3 is 2.80 bits per heavy atom. The predicted molar refractivity (Wildman–Crippen MR) is 81.0 cm³/mol. The third kappa shape index (κ3) is 2.66. The van der Waals surface area contributed by atoms with Gasteiger partial charge in [-0.25, -0.2) is 0 Å². The van der Waals surface area contributed by atoms with Crippen LogP contribution in [0.1, 0.15) is 24.0 Å². The average Bonchev–Trinajstić information content (AvgIpc) is 2.87. The van der Waals surface area contributed by atoms with E-state index < -0.39 is 0 Å². The highest BCUT2D eigenvalue weighted by molar-refractivity contribution is 5.88. The van der Waals surface area contributed by atoms with E-state index >= 15 is 0 Å². The highest BCUT2D eigenvalue weighted by atomic mass is 16.2. The van der Waals surface area contributed by atoms with Gasteiger partial charge in [0.2, 0.25) is 5.91 Å². The van der Waals surface area contributed by atoms with E-state index in [1.54, 1.807) is 0 Å². The summed E-state index contributed by atoms with van der Waals surface area (Å²) in [6.45, 7) is 4.23. The number of carbonyl (C=O) groups is 1. The summed E-state index contributed by atoms with van der Waals surface area (Å²) >= 11 is 0. The van der Waals surface area contributed by atoms with Crippen LogP contribution in [0.4, 0.5) is 5.69 Å². The zero-order valence-electron chi connectivity index (χ0n) is 12.3. The molecular weight excluding hydrogens is 250 g/mol. The number of amides is 1. The smallest absolute Gasteiger partial charge is 0.243 e. The predicted octanol–water partition coefficient (Wildman–Crippen LogP) is 1.54. The highest BCUT2D eigenvalue weighted by Gasteiger charge is 2.29. The maximum atomic E-state index is 12.4. The van der Waals surface area contributed by atoms with Crippen molar-refractivity contribution in [3.63, 3.8) is 0 Å². The second-order valence-electron chi connectivity index (χ2n) is 6.10. The molecular formula is C16H23N3O. The minimum absolute atomic E-state index is 0.106. The van der Waals surface area contributed by atoms with Crippen molar-refractivity contribution in [2.24, 2.45) is 0 Å². The van der Waals surface area contributed by atoms with Crippen LogP contribution in [-0.2, 0) is 11.2 Å². The van der Waals surface area contributed by atoms with Crippen LogP contribution >= 0.6 is 0 Å². The topological polar surface area (TPSA) is 44.4 Å². The number of piperidine rings is 1. The van der Waals surface area contributed by atoms with E-state index in [4.69, 9.17) is 0 Å². The van der Waals surface area contributed by atoms with Crippen LogP contribution in [0.3, 0.4) is 0 Å². The first kappa shape index (κ1) is 13.4. The zero-order valence-corrected chi connectivity index (χ0v) is 12.3. The number of anilines is 1. The number of carbonyl (C=O) groups excluding carboxylic acids is 1. The lowest BCUT2D eigenvalue weighted by molar-refractivity contribution is -0.122. The van der Waals surface area contributed by atoms with E-state index in [0.29, 0.717) is 6.04 Å². The molecule has 2 aliphatic heterocycles. The molecule has 2 heterocycles. The molecule has 0 spiro atoms. The molecule has 0 saturated carbocycles. The van der Waals surface area contributed by atoms with E-state index in [9.17, 15) is 4.79 Å². The number of fused-ring (bicyclic) bond motifs is 1. The fraction of sp³-hybridized carbons (Fsp3) is 0.562. The maximum absolute atomic E-state index is 12.4. The quantitative estimate of drug-likeness (QED) is 0.859. The monoisotopic (exact) mass is 273 g/mol. The maximum Gasteiger partial charge on any atom is 0.243 e. The third-order valence-electron chi connectivity index (χ3n) is 4.48. The Kier molecular flexibility index (Phi) is 3.66. The number of nitrogens with one attached hydrogen (secondary N) is 2. The van der Waals surface area contributed by atoms with Crippen molar-refractivity contribution in [3.05, 3.63) is 29.3 Å². The molecule has 1 aromatic carbocycles. The summed E-state index contributed by atoms with van der Waals surface area (Å²) in [5, 5.41) is 6.59. The van der Waals surface area contributed by atoms with Crippen LogP contribution in [0.2, 0.25) is 0 Å². The van der Waals surface area contributed by atoms with Gasteiger partial charge in [0.25, 0.3) is 0 Å². The molecule has 0 bridgehead atoms. The third-order valence-corrected chi connectivity index (χ3v) is 4.48. The number of likely N-dealkylation sites (tertiary alicyclic amines) is 1. The lowest BCUT2D eigenvalue weighted by atomic mass is 10.0. The first-order valence-corrected chi connectivity index (χ1v) is 7.47. The molecule has 0 aliphatic carbocycles. The molecule has 1 amide bonds. The van der Waals surface area contributed by atoms with E-state index in [2.05, 4.69) is 47.7 Å². The molecule has 20 heavy (non-hydrogen) atoms. The van der Waals surface area contributed by atoms with Gasteiger partial charge >= 0.3 is 0 Å². The summed E-state index contributed by atoms with van der Waals surface area (Å²) in [6.07, 6.45) is 2.91. The molecule has 1 saturated heterocycles. The van der Waals surface area contributed by atoms with Gasteiger partial charge in [0.1, 0.15) is 6.04 Å². The van der Waals surface area contributed by atoms with Crippen molar-refractivity contribution in [2.45, 2.75) is 38.3 Å². The first-order chi connectivity index (χ1) is 9.63. The summed E-state index contributed by atoms with van der Waals surface area (Å²) in [5.74, 6) is 0.148. The van der Waals surface area contributed by atoms with E-state index in [0.717, 1.165) is 38.0 Å². The standard InChI is InChI=1S/C16H23N3O/c1-11-4-3-5-12-10-14(18-15(11)12)16(20)17-13-6-8-19(2)9-7-13/h3-5,13-14,18H,6-10H2,1-2H3,(H,17,20). The highest BCUT2D eigenvalue weighted by Crippen LogP contribution is 2.29. The van der Waals surface area contributed by atoms with Gasteiger partial charge in [-0.3, -0.25) is 4.79 Å². The molecule has 0 aromatic heterocycles. The normalized spacial score (nSPS) is 23.2. The van der Waals surface area contributed by atoms with Crippen LogP contribution < -0.4 is 10.6 Å². The second-order valence-corrected chi connectivity index (χ2v) is 6.10. The number of nitrogens with zero attached hydrogens (tertiary/aromatic N) is 1. The molecule has 1 unspecified atom stereocenters. The van der Waals surface area contributed by atoms with Gasteiger partial charge in [-0.05, 0) is 51.0 Å². The van der Waals surface area contributed by atoms with Crippen molar-refractivity contribution in [1.29, 1.82) is 0 Å². The minimum atomic E-state index is -0.106. The Morgan fingerprint density at radius 2 is 2.10 bits per heavy atom. The molecule has 2 aliphatic rings. The van der Waals surface area contributed by atoms with Gasteiger partial charge in [-0.2, -0.15) is 0 Å². The van der Waals surface area contributed by atoms with Crippen LogP contribution in [0, 0.1) is 6.92 Å². The summed E-state index contributed by atoms with van der Waals surface area (Å²) in [6, 6.07) is 6.49. The second kappa shape index (κ2) is 5.44. The molecule has 1 fully saturated rings. The number of benzene rings is 1. The van der Waals surface area contributed by atoms with E-state index in [1.807, 2.05) is 0 Å². The molecule has 4 heteroatoms. The fourth-order valence-corrected chi connectivity index (χ4v) is 3.16. The molecule has 2 N–H and O–H groups in total. The Labute approximate surface area is 120 Å². The number of aryl methyl sites for hydroxylation is 1. The van der Waals surface area contributed by atoms with Crippen molar-refractivity contribution in [1.82, 2.24) is 10.2 Å². The van der Waals surface area contributed by atoms with Crippen LogP contribution in [-0.4, -0.2) is 43.0 Å². The summed E-state index contributed by atoms with van der Waals surface area (Å²) < 4.78 is 0. The summed E-state index contributed by atoms with van der Waals surface area (Å²) in [4.78, 5) is 14.7. The first-order valence-electron chi connectivity index (χ1n) is 7.47. The molecule has 4 nitrogen and oxygen atoms in total. The van der Waals surface area contributed by atoms with E-state index in [1.165, 1.54) is 11.1 Å². The lowest BCUT2D eigenvalue weighted by Gasteiger charge is -2.30. The Bertz CT molecular complexity index is 506. The van der Waals surface area contributed by atoms with Gasteiger partial charge in [-0.15, -0.1) is 0 Å². The molecule has 3 rings (SSSR count). The van der Waals surface area contributed by atoms with Gasteiger partial charge in [-0.1, -0.05) is 18.2 Å². The number of hydrogen-bond donors (Lipinski definition) is 2. The Balaban J connectivity index is 1.59. The molecule has 1 aromatic rings. The summed E-state index contributed by atoms with van der Waals surface area (Å²) in [5.41, 5.74) is 3.63. The minimum Gasteiger partial charge on any atom is -0.373 e. The van der Waals surface area contributed by atoms with E-state index in [-0.39, 0.29) is 11.9 Å². The number of rotatable bonds is 2. The largest absolute Gasteiger partial charge is 0.373 e. The molecule has 1 atom stereocenters. The van der Waals surface area contributed by atoms with Gasteiger partial charge in [0, 0.05) is 18.2 Å². The fourth-order valence-electron chi connectivity index (χ4n) is 3.16. The SMILES string of the molecule is Cc1cccc2c1NC(C(=O)NC1CCN(C)CC1)C2. The van der Waals surface area contributed by atoms with Crippen molar-refractivity contribution < 1.29 is 4.79 Å². The van der Waals surface area contributed by atoms with Crippen molar-refractivity contribution in [2.75, 3.05) is 25.5 Å². The van der Waals surface area contributed by atoms with Gasteiger partial charge in [0.05, 0.1) is 0 Å². The van der Waals surface area contributed by atoms with Crippen LogP contribution in [0.5, 0.6) is 0 Å². The zero-order chi connectivity index (χ0) is 14.1. The summed E-state index contributed by atoms with van der Waals surface area (Å²) in [7, 11) is 2.13. The number of hydrogen-bond acceptors (Lipinski definition) is 3. The van der Waals surface area contributed by atoms with Gasteiger partial charge in [0.15, 0.2) is 0 Å². The molecule has 0 radical (unpaired) electrons. The average molecular weight is 273 g/mol. The van der Waals surface area contributed by atoms with Crippen LogP contribution in [0.25, 0.3) is 0 Å². The van der Waals surface area contributed by atoms with Crippen molar-refractivity contribution >= 4 is 11.6 Å². The van der Waals surface area contributed by atoms with Gasteiger partial charge < -0.3 is 15.5 Å². The lowest BCUT2D eigenvalue weighted by Crippen LogP contribution is -2.48. The van der Waals surface area contributed by atoms with Crippen LogP contribution in [0.15, 0.2) is 18.2 Å². The van der Waals surface area contributed by atoms with Crippen molar-refractivity contribution in [3.8, 4) is 0 Å². The molecule has 108 valence electrons. The Morgan fingerprint density at radius 1 is 1.35 bits per heavy atom. The Hall–Kier alpha value is -1.55. The number of para-hydroxylation sites is 1.